The molecule has 1 amide bonds. The molecule has 0 spiro atoms. The van der Waals surface area contributed by atoms with Crippen LogP contribution in [0.2, 0.25) is 15.1 Å². The fourth-order valence-corrected chi connectivity index (χ4v) is 4.56. The van der Waals surface area contributed by atoms with E-state index in [1.807, 2.05) is 0 Å². The SMILES string of the molecule is NCC(=O)c1cc(NC(=O)C2C(c3cc(Cl)cc(Cl)c3)C2(Cl)Cl)ccc1Cl. The van der Waals surface area contributed by atoms with Gasteiger partial charge in [-0.3, -0.25) is 9.59 Å². The maximum atomic E-state index is 12.7. The summed E-state index contributed by atoms with van der Waals surface area (Å²) in [5, 5.41) is 3.82. The molecule has 4 nitrogen and oxygen atoms in total. The Morgan fingerprint density at radius 1 is 1.04 bits per heavy atom. The Morgan fingerprint density at radius 2 is 1.67 bits per heavy atom. The van der Waals surface area contributed by atoms with Gasteiger partial charge in [-0.2, -0.15) is 0 Å². The zero-order valence-corrected chi connectivity index (χ0v) is 17.4. The van der Waals surface area contributed by atoms with Gasteiger partial charge in [0.15, 0.2) is 5.78 Å². The van der Waals surface area contributed by atoms with E-state index < -0.39 is 22.1 Å². The normalized spacial score (nSPS) is 20.2. The lowest BCUT2D eigenvalue weighted by atomic mass is 10.1. The molecule has 27 heavy (non-hydrogen) atoms. The second-order valence-corrected chi connectivity index (χ2v) is 8.87. The molecule has 0 aromatic heterocycles. The highest BCUT2D eigenvalue weighted by Gasteiger charge is 2.67. The number of ketones is 1. The molecule has 0 saturated heterocycles. The molecule has 2 aromatic rings. The average molecular weight is 467 g/mol. The summed E-state index contributed by atoms with van der Waals surface area (Å²) in [4.78, 5) is 24.5. The van der Waals surface area contributed by atoms with Crippen molar-refractivity contribution in [2.45, 2.75) is 10.3 Å². The van der Waals surface area contributed by atoms with Gasteiger partial charge in [0.05, 0.1) is 17.5 Å². The largest absolute Gasteiger partial charge is 0.326 e. The predicted molar refractivity (Wildman–Crippen MR) is 111 cm³/mol. The van der Waals surface area contributed by atoms with E-state index in [4.69, 9.17) is 63.7 Å². The number of hydrogen-bond donors (Lipinski definition) is 2. The van der Waals surface area contributed by atoms with Gasteiger partial charge in [-0.1, -0.05) is 34.8 Å². The number of amides is 1. The third-order valence-electron chi connectivity index (χ3n) is 4.30. The van der Waals surface area contributed by atoms with E-state index in [9.17, 15) is 9.59 Å². The van der Waals surface area contributed by atoms with Crippen molar-refractivity contribution in [3.8, 4) is 0 Å². The molecule has 1 aliphatic rings. The topological polar surface area (TPSA) is 72.2 Å². The molecule has 2 atom stereocenters. The first-order chi connectivity index (χ1) is 12.6. The number of halogens is 5. The molecule has 3 rings (SSSR count). The highest BCUT2D eigenvalue weighted by Crippen LogP contribution is 2.65. The fraction of sp³-hybridized carbons (Fsp3) is 0.222. The Morgan fingerprint density at radius 3 is 2.26 bits per heavy atom. The van der Waals surface area contributed by atoms with Gasteiger partial charge in [-0.15, -0.1) is 23.2 Å². The molecule has 3 N–H and O–H groups in total. The zero-order chi connectivity index (χ0) is 19.9. The van der Waals surface area contributed by atoms with Gasteiger partial charge in [0.2, 0.25) is 5.91 Å². The molecule has 0 bridgehead atoms. The maximum Gasteiger partial charge on any atom is 0.231 e. The number of nitrogens with two attached hydrogens (primary N) is 1. The summed E-state index contributed by atoms with van der Waals surface area (Å²) < 4.78 is -1.29. The van der Waals surface area contributed by atoms with Crippen LogP contribution < -0.4 is 11.1 Å². The summed E-state index contributed by atoms with van der Waals surface area (Å²) in [5.74, 6) is -1.90. The maximum absolute atomic E-state index is 12.7. The second kappa shape index (κ2) is 7.78. The van der Waals surface area contributed by atoms with E-state index in [0.717, 1.165) is 0 Å². The number of anilines is 1. The lowest BCUT2D eigenvalue weighted by molar-refractivity contribution is -0.117. The Bertz CT molecular complexity index is 912. The number of nitrogens with one attached hydrogen (secondary N) is 1. The molecule has 1 fully saturated rings. The Kier molecular flexibility index (Phi) is 5.97. The van der Waals surface area contributed by atoms with Crippen molar-refractivity contribution in [2.24, 2.45) is 11.7 Å². The number of rotatable bonds is 5. The summed E-state index contributed by atoms with van der Waals surface area (Å²) in [5.41, 5.74) is 6.67. The number of benzene rings is 2. The standard InChI is InChI=1S/C18H13Cl5N2O2/c19-9-3-8(4-10(20)5-9)15-16(18(15,22)23)17(27)25-11-1-2-13(21)12(6-11)14(26)7-24/h1-6,15-16H,7,24H2,(H,25,27). The summed E-state index contributed by atoms with van der Waals surface area (Å²) in [6, 6.07) is 9.47. The Hall–Kier alpha value is -1.01. The van der Waals surface area contributed by atoms with Crippen molar-refractivity contribution in [1.82, 2.24) is 0 Å². The van der Waals surface area contributed by atoms with Crippen LogP contribution in [-0.4, -0.2) is 22.6 Å². The van der Waals surface area contributed by atoms with E-state index in [1.165, 1.54) is 12.1 Å². The van der Waals surface area contributed by atoms with Crippen LogP contribution in [0.4, 0.5) is 5.69 Å². The molecule has 0 aliphatic heterocycles. The quantitative estimate of drug-likeness (QED) is 0.463. The number of hydrogen-bond acceptors (Lipinski definition) is 3. The summed E-state index contributed by atoms with van der Waals surface area (Å²) in [6.07, 6.45) is 0. The molecule has 1 saturated carbocycles. The third-order valence-corrected chi connectivity index (χ3v) is 6.01. The highest BCUT2D eigenvalue weighted by atomic mass is 35.5. The van der Waals surface area contributed by atoms with Crippen LogP contribution in [0.1, 0.15) is 21.8 Å². The fourth-order valence-electron chi connectivity index (χ4n) is 2.97. The first-order valence-electron chi connectivity index (χ1n) is 7.82. The molecule has 1 aliphatic carbocycles. The van der Waals surface area contributed by atoms with Crippen LogP contribution in [-0.2, 0) is 4.79 Å². The first-order valence-corrected chi connectivity index (χ1v) is 9.71. The number of Topliss-reactive ketones (excluding diaryl/α,β-unsaturated/α-hetero) is 1. The van der Waals surface area contributed by atoms with Gasteiger partial charge < -0.3 is 11.1 Å². The van der Waals surface area contributed by atoms with Crippen molar-refractivity contribution in [1.29, 1.82) is 0 Å². The van der Waals surface area contributed by atoms with E-state index in [2.05, 4.69) is 5.32 Å². The van der Waals surface area contributed by atoms with Gasteiger partial charge in [0.1, 0.15) is 4.33 Å². The van der Waals surface area contributed by atoms with Crippen molar-refractivity contribution in [3.63, 3.8) is 0 Å². The van der Waals surface area contributed by atoms with Gasteiger partial charge in [0, 0.05) is 27.2 Å². The van der Waals surface area contributed by atoms with E-state index in [0.29, 0.717) is 21.3 Å². The highest BCUT2D eigenvalue weighted by molar-refractivity contribution is 6.53. The Labute approximate surface area is 180 Å². The van der Waals surface area contributed by atoms with Crippen molar-refractivity contribution in [2.75, 3.05) is 11.9 Å². The van der Waals surface area contributed by atoms with Crippen LogP contribution in [0.3, 0.4) is 0 Å². The molecule has 142 valence electrons. The second-order valence-electron chi connectivity index (χ2n) is 6.14. The number of carbonyl (C=O) groups is 2. The molecule has 9 heteroatoms. The van der Waals surface area contributed by atoms with Crippen molar-refractivity contribution >= 4 is 75.4 Å². The van der Waals surface area contributed by atoms with Crippen LogP contribution in [0.5, 0.6) is 0 Å². The smallest absolute Gasteiger partial charge is 0.231 e. The van der Waals surface area contributed by atoms with Crippen molar-refractivity contribution < 1.29 is 9.59 Å². The van der Waals surface area contributed by atoms with Crippen LogP contribution >= 0.6 is 58.0 Å². The minimum Gasteiger partial charge on any atom is -0.326 e. The summed E-state index contributed by atoms with van der Waals surface area (Å²) in [7, 11) is 0. The lowest BCUT2D eigenvalue weighted by Gasteiger charge is -2.08. The Balaban J connectivity index is 1.81. The van der Waals surface area contributed by atoms with E-state index in [-0.39, 0.29) is 22.9 Å². The molecule has 0 radical (unpaired) electrons. The van der Waals surface area contributed by atoms with Crippen molar-refractivity contribution in [3.05, 3.63) is 62.6 Å². The lowest BCUT2D eigenvalue weighted by Crippen LogP contribution is -2.18. The number of alkyl halides is 2. The minimum atomic E-state index is -1.29. The number of carbonyl (C=O) groups excluding carboxylic acids is 2. The monoisotopic (exact) mass is 464 g/mol. The third kappa shape index (κ3) is 4.21. The predicted octanol–water partition coefficient (Wildman–Crippen LogP) is 5.31. The molecule has 0 heterocycles. The molecular formula is C18H13Cl5N2O2. The molecular weight excluding hydrogens is 453 g/mol. The van der Waals surface area contributed by atoms with Gasteiger partial charge in [-0.05, 0) is 42.0 Å². The molecule has 2 aromatic carbocycles. The summed E-state index contributed by atoms with van der Waals surface area (Å²) >= 11 is 30.7. The van der Waals surface area contributed by atoms with Gasteiger partial charge in [-0.25, -0.2) is 0 Å². The minimum absolute atomic E-state index is 0.191. The van der Waals surface area contributed by atoms with Crippen LogP contribution in [0.25, 0.3) is 0 Å². The van der Waals surface area contributed by atoms with Gasteiger partial charge >= 0.3 is 0 Å². The van der Waals surface area contributed by atoms with Gasteiger partial charge in [0.25, 0.3) is 0 Å². The molecule has 2 unspecified atom stereocenters. The van der Waals surface area contributed by atoms with E-state index in [1.54, 1.807) is 24.3 Å². The van der Waals surface area contributed by atoms with E-state index >= 15 is 0 Å². The van der Waals surface area contributed by atoms with Crippen LogP contribution in [0, 0.1) is 5.92 Å². The average Bonchev–Trinajstić information content (AvgIpc) is 3.17. The van der Waals surface area contributed by atoms with Crippen LogP contribution in [0.15, 0.2) is 36.4 Å². The first kappa shape index (κ1) is 20.7. The zero-order valence-electron chi connectivity index (χ0n) is 13.6. The summed E-state index contributed by atoms with van der Waals surface area (Å²) in [6.45, 7) is -0.191.